The maximum atomic E-state index is 10.4. The van der Waals surface area contributed by atoms with Crippen molar-refractivity contribution in [3.63, 3.8) is 0 Å². The Morgan fingerprint density at radius 3 is 2.00 bits per heavy atom. The highest BCUT2D eigenvalue weighted by Gasteiger charge is 2.30. The first-order chi connectivity index (χ1) is 12.7. The van der Waals surface area contributed by atoms with E-state index in [2.05, 4.69) is 18.0 Å². The number of hydrogen-bond donors (Lipinski definition) is 1. The summed E-state index contributed by atoms with van der Waals surface area (Å²) in [5.74, 6) is -1.21. The summed E-state index contributed by atoms with van der Waals surface area (Å²) in [5.41, 5.74) is 1.28. The average molecular weight is 376 g/mol. The fourth-order valence-corrected chi connectivity index (χ4v) is 2.77. The van der Waals surface area contributed by atoms with Gasteiger partial charge in [-0.05, 0) is 49.8 Å². The fraction of sp³-hybridized carbons (Fsp3) is 0.312. The number of phenolic OH excluding ortho intramolecular Hbond substituents is 1. The van der Waals surface area contributed by atoms with Gasteiger partial charge in [-0.15, -0.1) is 0 Å². The van der Waals surface area contributed by atoms with E-state index < -0.39 is 37.6 Å². The lowest BCUT2D eigenvalue weighted by atomic mass is 9.93. The van der Waals surface area contributed by atoms with Gasteiger partial charge in [-0.3, -0.25) is 35.3 Å². The summed E-state index contributed by atoms with van der Waals surface area (Å²) < 4.78 is 0. The van der Waals surface area contributed by atoms with Crippen LogP contribution in [0.15, 0.2) is 24.4 Å². The summed E-state index contributed by atoms with van der Waals surface area (Å²) >= 11 is 0. The summed E-state index contributed by atoms with van der Waals surface area (Å²) in [4.78, 5) is 32.1. The van der Waals surface area contributed by atoms with Crippen LogP contribution in [-0.4, -0.2) is 24.9 Å². The van der Waals surface area contributed by atoms with Crippen molar-refractivity contribution < 1.29 is 19.9 Å². The summed E-state index contributed by atoms with van der Waals surface area (Å²) in [6.07, 6.45) is 7.04. The van der Waals surface area contributed by atoms with Crippen molar-refractivity contribution in [1.82, 2.24) is 4.98 Å². The maximum Gasteiger partial charge on any atom is 0.324 e. The van der Waals surface area contributed by atoms with Crippen molar-refractivity contribution in [1.29, 1.82) is 0 Å². The van der Waals surface area contributed by atoms with Crippen LogP contribution in [0.2, 0.25) is 0 Å². The lowest BCUT2D eigenvalue weighted by Gasteiger charge is -2.15. The van der Waals surface area contributed by atoms with Crippen LogP contribution in [0, 0.1) is 37.3 Å². The van der Waals surface area contributed by atoms with Crippen molar-refractivity contribution in [3.05, 3.63) is 71.6 Å². The van der Waals surface area contributed by atoms with Crippen LogP contribution in [0.25, 0.3) is 0 Å². The van der Waals surface area contributed by atoms with Gasteiger partial charge in [0.1, 0.15) is 0 Å². The molecule has 11 nitrogen and oxygen atoms in total. The Hall–Kier alpha value is -3.63. The Kier molecular flexibility index (Phi) is 5.96. The van der Waals surface area contributed by atoms with E-state index in [9.17, 15) is 30.3 Å². The second-order valence-electron chi connectivity index (χ2n) is 5.86. The molecule has 11 heteroatoms. The van der Waals surface area contributed by atoms with E-state index in [0.29, 0.717) is 12.1 Å². The van der Waals surface area contributed by atoms with Gasteiger partial charge in [0.15, 0.2) is 0 Å². The zero-order valence-electron chi connectivity index (χ0n) is 14.3. The van der Waals surface area contributed by atoms with Crippen molar-refractivity contribution >= 4 is 17.1 Å². The fourth-order valence-electron chi connectivity index (χ4n) is 2.77. The van der Waals surface area contributed by atoms with Crippen LogP contribution in [0.1, 0.15) is 29.7 Å². The molecule has 0 fully saturated rings. The van der Waals surface area contributed by atoms with Gasteiger partial charge in [0.2, 0.25) is 0 Å². The topological polar surface area (TPSA) is 163 Å². The van der Waals surface area contributed by atoms with Gasteiger partial charge in [0.05, 0.1) is 26.9 Å². The van der Waals surface area contributed by atoms with Gasteiger partial charge in [-0.25, -0.2) is 0 Å². The molecule has 3 rings (SSSR count). The van der Waals surface area contributed by atoms with Crippen LogP contribution in [0.3, 0.4) is 0 Å². The van der Waals surface area contributed by atoms with Gasteiger partial charge in [-0.1, -0.05) is 0 Å². The molecule has 1 aromatic heterocycles. The number of fused-ring (bicyclic) bond motifs is 1. The largest absolute Gasteiger partial charge is 0.497 e. The van der Waals surface area contributed by atoms with E-state index in [0.717, 1.165) is 0 Å². The average Bonchev–Trinajstić information content (AvgIpc) is 2.62. The summed E-state index contributed by atoms with van der Waals surface area (Å²) in [6, 6.07) is 3.01. The van der Waals surface area contributed by atoms with Gasteiger partial charge in [-0.2, -0.15) is 0 Å². The van der Waals surface area contributed by atoms with Crippen LogP contribution in [0.4, 0.5) is 17.1 Å². The minimum absolute atomic E-state index is 0.447. The van der Waals surface area contributed by atoms with Crippen molar-refractivity contribution in [2.45, 2.75) is 32.6 Å². The lowest BCUT2D eigenvalue weighted by molar-refractivity contribution is -0.404. The number of aromatic nitrogens is 1. The number of aryl methyl sites for hydroxylation is 2. The zero-order chi connectivity index (χ0) is 20.1. The minimum atomic E-state index is -1.21. The second kappa shape index (κ2) is 8.17. The van der Waals surface area contributed by atoms with Crippen molar-refractivity contribution in [2.24, 2.45) is 0 Å². The molecule has 0 spiro atoms. The summed E-state index contributed by atoms with van der Waals surface area (Å²) in [6.45, 7) is 2.19. The molecule has 27 heavy (non-hydrogen) atoms. The van der Waals surface area contributed by atoms with E-state index in [1.807, 2.05) is 6.20 Å². The molecule has 0 saturated heterocycles. The summed E-state index contributed by atoms with van der Waals surface area (Å²) in [7, 11) is 0. The van der Waals surface area contributed by atoms with Crippen molar-refractivity contribution in [3.8, 4) is 5.75 Å². The molecule has 1 N–H and O–H groups in total. The maximum absolute atomic E-state index is 10.4. The molecule has 1 aromatic carbocycles. The molecule has 0 atom stereocenters. The van der Waals surface area contributed by atoms with Gasteiger partial charge >= 0.3 is 11.4 Å². The number of pyridine rings is 1. The number of hydrogen-bond acceptors (Lipinski definition) is 8. The van der Waals surface area contributed by atoms with Gasteiger partial charge in [0.25, 0.3) is 11.4 Å². The quantitative estimate of drug-likeness (QED) is 0.629. The molecule has 142 valence electrons. The molecule has 0 aliphatic heterocycles. The van der Waals surface area contributed by atoms with Crippen LogP contribution < -0.4 is 0 Å². The Morgan fingerprint density at radius 2 is 1.52 bits per heavy atom. The molecular weight excluding hydrogens is 360 g/mol. The summed E-state index contributed by atoms with van der Waals surface area (Å²) in [5, 5.41) is 40.2. The number of benzene rings is 1. The Balaban J connectivity index is 0.000000206. The Bertz CT molecular complexity index is 879. The van der Waals surface area contributed by atoms with Crippen LogP contribution in [0.5, 0.6) is 5.75 Å². The molecule has 0 radical (unpaired) electrons. The monoisotopic (exact) mass is 376 g/mol. The molecular formula is C16H16N4O7. The van der Waals surface area contributed by atoms with Crippen LogP contribution >= 0.6 is 0 Å². The number of rotatable bonds is 3. The number of nitrogens with zero attached hydrogens (tertiary/aromatic N) is 4. The van der Waals surface area contributed by atoms with E-state index >= 15 is 0 Å². The minimum Gasteiger partial charge on any atom is -0.497 e. The van der Waals surface area contributed by atoms with Gasteiger partial charge in [0, 0.05) is 11.9 Å². The standard InChI is InChI=1S/C10H13N.C6H3N3O7/c1-8-6-7-11-10-5-3-2-4-9(8)10;10-6-4(8(13)14)1-3(7(11)12)2-5(6)9(15)16/h6-7H,2-5H2,1H3;1-2,10H. The number of non-ortho nitro benzene ring substituents is 1. The molecule has 1 heterocycles. The molecule has 0 bridgehead atoms. The third-order valence-corrected chi connectivity index (χ3v) is 4.13. The molecule has 0 amide bonds. The van der Waals surface area contributed by atoms with Crippen LogP contribution in [-0.2, 0) is 12.8 Å². The van der Waals surface area contributed by atoms with Crippen molar-refractivity contribution in [2.75, 3.05) is 0 Å². The highest BCUT2D eigenvalue weighted by atomic mass is 16.6. The number of nitro benzene ring substituents is 3. The molecule has 1 aliphatic carbocycles. The first kappa shape index (κ1) is 19.7. The normalized spacial score (nSPS) is 12.3. The smallest absolute Gasteiger partial charge is 0.324 e. The Labute approximate surface area is 152 Å². The predicted molar refractivity (Wildman–Crippen MR) is 93.7 cm³/mol. The second-order valence-corrected chi connectivity index (χ2v) is 5.86. The number of nitro groups is 3. The first-order valence-electron chi connectivity index (χ1n) is 7.96. The first-order valence-corrected chi connectivity index (χ1v) is 7.96. The molecule has 0 unspecified atom stereocenters. The Morgan fingerprint density at radius 1 is 0.963 bits per heavy atom. The van der Waals surface area contributed by atoms with E-state index in [-0.39, 0.29) is 0 Å². The van der Waals surface area contributed by atoms with E-state index in [1.54, 1.807) is 0 Å². The van der Waals surface area contributed by atoms with E-state index in [1.165, 1.54) is 42.5 Å². The third-order valence-electron chi connectivity index (χ3n) is 4.13. The molecule has 0 saturated carbocycles. The number of phenols is 1. The predicted octanol–water partition coefficient (Wildman–Crippen LogP) is 3.39. The third kappa shape index (κ3) is 4.51. The zero-order valence-corrected chi connectivity index (χ0v) is 14.3. The highest BCUT2D eigenvalue weighted by Crippen LogP contribution is 2.38. The van der Waals surface area contributed by atoms with Gasteiger partial charge < -0.3 is 5.11 Å². The highest BCUT2D eigenvalue weighted by molar-refractivity contribution is 5.64. The molecule has 2 aromatic rings. The SMILES string of the molecule is Cc1ccnc2c1CCCC2.O=[N+]([O-])c1cc([N+](=O)[O-])c(O)c([N+](=O)[O-])c1. The lowest BCUT2D eigenvalue weighted by Crippen LogP contribution is -2.06. The molecule has 1 aliphatic rings. The number of aromatic hydroxyl groups is 1. The van der Waals surface area contributed by atoms with E-state index in [4.69, 9.17) is 5.11 Å².